The van der Waals surface area contributed by atoms with Crippen LogP contribution in [-0.2, 0) is 5.88 Å². The number of hydrogen-bond acceptors (Lipinski definition) is 0. The SMILES string of the molecule is Cc1cc2ccccn2c1CCl. The molecule has 0 N–H and O–H groups in total. The smallest absolute Gasteiger partial charge is 0.0633 e. The summed E-state index contributed by atoms with van der Waals surface area (Å²) >= 11 is 5.83. The molecule has 0 aliphatic rings. The Balaban J connectivity index is 2.81. The highest BCUT2D eigenvalue weighted by Crippen LogP contribution is 2.16. The van der Waals surface area contributed by atoms with Crippen molar-refractivity contribution in [2.75, 3.05) is 0 Å². The average Bonchev–Trinajstić information content (AvgIpc) is 2.40. The summed E-state index contributed by atoms with van der Waals surface area (Å²) in [5, 5.41) is 0. The minimum atomic E-state index is 0.573. The Morgan fingerprint density at radius 1 is 1.42 bits per heavy atom. The van der Waals surface area contributed by atoms with Gasteiger partial charge in [-0.05, 0) is 30.7 Å². The Morgan fingerprint density at radius 3 is 3.00 bits per heavy atom. The molecule has 0 atom stereocenters. The van der Waals surface area contributed by atoms with Crippen molar-refractivity contribution < 1.29 is 0 Å². The second kappa shape index (κ2) is 2.83. The first-order chi connectivity index (χ1) is 5.83. The lowest BCUT2D eigenvalue weighted by molar-refractivity contribution is 1.07. The van der Waals surface area contributed by atoms with Gasteiger partial charge in [0.1, 0.15) is 0 Å². The summed E-state index contributed by atoms with van der Waals surface area (Å²) in [5.41, 5.74) is 3.66. The molecule has 0 aliphatic heterocycles. The quantitative estimate of drug-likeness (QED) is 0.593. The van der Waals surface area contributed by atoms with Gasteiger partial charge in [-0.1, -0.05) is 6.07 Å². The van der Waals surface area contributed by atoms with Crippen molar-refractivity contribution in [1.82, 2.24) is 4.40 Å². The van der Waals surface area contributed by atoms with Gasteiger partial charge in [0.25, 0.3) is 0 Å². The summed E-state index contributed by atoms with van der Waals surface area (Å²) in [6.07, 6.45) is 2.04. The molecule has 0 unspecified atom stereocenters. The van der Waals surface area contributed by atoms with Gasteiger partial charge in [0.05, 0.1) is 5.88 Å². The van der Waals surface area contributed by atoms with Crippen molar-refractivity contribution >= 4 is 17.1 Å². The number of hydrogen-bond donors (Lipinski definition) is 0. The van der Waals surface area contributed by atoms with E-state index in [-0.39, 0.29) is 0 Å². The van der Waals surface area contributed by atoms with E-state index in [9.17, 15) is 0 Å². The van der Waals surface area contributed by atoms with E-state index in [1.807, 2.05) is 18.3 Å². The van der Waals surface area contributed by atoms with E-state index in [1.54, 1.807) is 0 Å². The largest absolute Gasteiger partial charge is 0.319 e. The standard InChI is InChI=1S/C10H10ClN/c1-8-6-9-4-2-3-5-12(9)10(8)7-11/h2-6H,7H2,1H3. The van der Waals surface area contributed by atoms with E-state index in [4.69, 9.17) is 11.6 Å². The van der Waals surface area contributed by atoms with Gasteiger partial charge in [-0.15, -0.1) is 11.6 Å². The molecule has 0 radical (unpaired) electrons. The molecule has 0 aliphatic carbocycles. The van der Waals surface area contributed by atoms with Crippen LogP contribution in [0.25, 0.3) is 5.52 Å². The van der Waals surface area contributed by atoms with Crippen molar-refractivity contribution in [1.29, 1.82) is 0 Å². The number of nitrogens with zero attached hydrogens (tertiary/aromatic N) is 1. The van der Waals surface area contributed by atoms with Crippen LogP contribution in [0.2, 0.25) is 0 Å². The van der Waals surface area contributed by atoms with E-state index in [0.717, 1.165) is 0 Å². The number of aromatic nitrogens is 1. The van der Waals surface area contributed by atoms with Gasteiger partial charge in [0.2, 0.25) is 0 Å². The molecule has 62 valence electrons. The van der Waals surface area contributed by atoms with Gasteiger partial charge in [0.15, 0.2) is 0 Å². The zero-order chi connectivity index (χ0) is 8.55. The predicted octanol–water partition coefficient (Wildman–Crippen LogP) is 2.99. The third kappa shape index (κ3) is 1.01. The molecule has 0 saturated heterocycles. The summed E-state index contributed by atoms with van der Waals surface area (Å²) < 4.78 is 2.13. The zero-order valence-electron chi connectivity index (χ0n) is 6.92. The van der Waals surface area contributed by atoms with Crippen molar-refractivity contribution in [3.05, 3.63) is 41.7 Å². The molecule has 2 aromatic rings. The fourth-order valence-electron chi connectivity index (χ4n) is 1.48. The maximum absolute atomic E-state index is 5.83. The Morgan fingerprint density at radius 2 is 2.25 bits per heavy atom. The summed E-state index contributed by atoms with van der Waals surface area (Å²) in [6, 6.07) is 8.29. The summed E-state index contributed by atoms with van der Waals surface area (Å²) in [5.74, 6) is 0.573. The van der Waals surface area contributed by atoms with Crippen LogP contribution in [0.5, 0.6) is 0 Å². The molecule has 0 bridgehead atoms. The molecule has 12 heavy (non-hydrogen) atoms. The molecule has 0 spiro atoms. The summed E-state index contributed by atoms with van der Waals surface area (Å²) in [4.78, 5) is 0. The topological polar surface area (TPSA) is 4.41 Å². The maximum Gasteiger partial charge on any atom is 0.0633 e. The lowest BCUT2D eigenvalue weighted by Gasteiger charge is -1.98. The van der Waals surface area contributed by atoms with E-state index >= 15 is 0 Å². The molecule has 2 heteroatoms. The highest BCUT2D eigenvalue weighted by molar-refractivity contribution is 6.17. The molecule has 2 heterocycles. The molecule has 1 nitrogen and oxygen atoms in total. The lowest BCUT2D eigenvalue weighted by Crippen LogP contribution is -1.89. The average molecular weight is 180 g/mol. The monoisotopic (exact) mass is 179 g/mol. The van der Waals surface area contributed by atoms with Gasteiger partial charge >= 0.3 is 0 Å². The Hall–Kier alpha value is -0.950. The first-order valence-electron chi connectivity index (χ1n) is 3.94. The zero-order valence-corrected chi connectivity index (χ0v) is 7.67. The van der Waals surface area contributed by atoms with Crippen molar-refractivity contribution in [2.24, 2.45) is 0 Å². The van der Waals surface area contributed by atoms with Crippen LogP contribution in [0.3, 0.4) is 0 Å². The summed E-state index contributed by atoms with van der Waals surface area (Å²) in [6.45, 7) is 2.09. The lowest BCUT2D eigenvalue weighted by atomic mass is 10.3. The normalized spacial score (nSPS) is 10.8. The van der Waals surface area contributed by atoms with Crippen LogP contribution in [-0.4, -0.2) is 4.40 Å². The minimum absolute atomic E-state index is 0.573. The van der Waals surface area contributed by atoms with E-state index in [0.29, 0.717) is 5.88 Å². The highest BCUT2D eigenvalue weighted by Gasteiger charge is 2.03. The van der Waals surface area contributed by atoms with Gasteiger partial charge in [-0.2, -0.15) is 0 Å². The first kappa shape index (κ1) is 7.69. The van der Waals surface area contributed by atoms with Crippen LogP contribution >= 0.6 is 11.6 Å². The molecule has 0 fully saturated rings. The summed E-state index contributed by atoms with van der Waals surface area (Å²) in [7, 11) is 0. The van der Waals surface area contributed by atoms with Gasteiger partial charge < -0.3 is 4.40 Å². The Bertz CT molecular complexity index is 403. The van der Waals surface area contributed by atoms with Crippen molar-refractivity contribution in [2.45, 2.75) is 12.8 Å². The van der Waals surface area contributed by atoms with Gasteiger partial charge in [-0.25, -0.2) is 0 Å². The van der Waals surface area contributed by atoms with E-state index in [2.05, 4.69) is 23.5 Å². The highest BCUT2D eigenvalue weighted by atomic mass is 35.5. The molecular weight excluding hydrogens is 170 g/mol. The number of pyridine rings is 1. The number of rotatable bonds is 1. The Kier molecular flexibility index (Phi) is 1.81. The third-order valence-electron chi connectivity index (χ3n) is 2.13. The maximum atomic E-state index is 5.83. The minimum Gasteiger partial charge on any atom is -0.319 e. The van der Waals surface area contributed by atoms with Crippen molar-refractivity contribution in [3.63, 3.8) is 0 Å². The molecule has 0 amide bonds. The predicted molar refractivity (Wildman–Crippen MR) is 51.7 cm³/mol. The van der Waals surface area contributed by atoms with Crippen LogP contribution in [0.15, 0.2) is 30.5 Å². The second-order valence-electron chi connectivity index (χ2n) is 2.90. The molecule has 0 aromatic carbocycles. The number of halogens is 1. The van der Waals surface area contributed by atoms with Crippen molar-refractivity contribution in [3.8, 4) is 0 Å². The number of aryl methyl sites for hydroxylation is 1. The van der Waals surface area contributed by atoms with Crippen LogP contribution < -0.4 is 0 Å². The fourth-order valence-corrected chi connectivity index (χ4v) is 1.82. The fraction of sp³-hybridized carbons (Fsp3) is 0.200. The molecule has 2 rings (SSSR count). The second-order valence-corrected chi connectivity index (χ2v) is 3.17. The molecular formula is C10H10ClN. The molecule has 0 saturated carbocycles. The first-order valence-corrected chi connectivity index (χ1v) is 4.48. The van der Waals surface area contributed by atoms with Crippen LogP contribution in [0.1, 0.15) is 11.3 Å². The number of alkyl halides is 1. The van der Waals surface area contributed by atoms with Crippen LogP contribution in [0.4, 0.5) is 0 Å². The number of fused-ring (bicyclic) bond motifs is 1. The van der Waals surface area contributed by atoms with Gasteiger partial charge in [-0.3, -0.25) is 0 Å². The van der Waals surface area contributed by atoms with Crippen LogP contribution in [0, 0.1) is 6.92 Å². The molecule has 2 aromatic heterocycles. The van der Waals surface area contributed by atoms with E-state index < -0.39 is 0 Å². The third-order valence-corrected chi connectivity index (χ3v) is 2.38. The van der Waals surface area contributed by atoms with Gasteiger partial charge in [0, 0.05) is 17.4 Å². The Labute approximate surface area is 76.6 Å². The van der Waals surface area contributed by atoms with E-state index in [1.165, 1.54) is 16.8 Å².